The molecule has 0 aromatic carbocycles. The van der Waals surface area contributed by atoms with Gasteiger partial charge < -0.3 is 20.5 Å². The lowest BCUT2D eigenvalue weighted by Gasteiger charge is -2.57. The molecule has 0 saturated heterocycles. The zero-order valence-corrected chi connectivity index (χ0v) is 12.2. The van der Waals surface area contributed by atoms with Gasteiger partial charge in [-0.2, -0.15) is 0 Å². The number of nitrogens with one attached hydrogen (secondary N) is 1. The van der Waals surface area contributed by atoms with Crippen LogP contribution in [0.25, 0.3) is 0 Å². The highest BCUT2D eigenvalue weighted by Gasteiger charge is 2.62. The Morgan fingerprint density at radius 3 is 2.65 bits per heavy atom. The van der Waals surface area contributed by atoms with Crippen molar-refractivity contribution in [1.82, 2.24) is 5.32 Å². The number of rotatable bonds is 8. The van der Waals surface area contributed by atoms with Gasteiger partial charge >= 0.3 is 0 Å². The number of hydrogen-bond acceptors (Lipinski definition) is 4. The van der Waals surface area contributed by atoms with Gasteiger partial charge in [0, 0.05) is 25.0 Å². The zero-order chi connectivity index (χ0) is 15.4. The number of halogens is 2. The van der Waals surface area contributed by atoms with E-state index in [-0.39, 0.29) is 25.2 Å². The molecule has 118 valence electrons. The first-order valence-corrected chi connectivity index (χ1v) is 6.80. The van der Waals surface area contributed by atoms with Crippen LogP contribution < -0.4 is 11.1 Å². The molecule has 0 aromatic heterocycles. The molecule has 1 amide bonds. The van der Waals surface area contributed by atoms with Crippen LogP contribution in [0.15, 0.2) is 0 Å². The Kier molecular flexibility index (Phi) is 5.85. The van der Waals surface area contributed by atoms with Crippen LogP contribution in [0.5, 0.6) is 0 Å². The first-order valence-electron chi connectivity index (χ1n) is 6.80. The van der Waals surface area contributed by atoms with E-state index in [1.807, 2.05) is 20.8 Å². The van der Waals surface area contributed by atoms with Crippen molar-refractivity contribution in [2.24, 2.45) is 11.1 Å². The van der Waals surface area contributed by atoms with Crippen molar-refractivity contribution >= 4 is 5.91 Å². The van der Waals surface area contributed by atoms with Gasteiger partial charge in [-0.1, -0.05) is 13.8 Å². The SMILES string of the molecule is CCOC1CC(N)(C(=O)NCCOCC(F)F)C1(C)C. The highest BCUT2D eigenvalue weighted by Crippen LogP contribution is 2.49. The standard InChI is InChI=1S/C13H24F2N2O3/c1-4-20-9-7-13(16,12(9,2)3)11(18)17-5-6-19-8-10(14)15/h9-10H,4-8,16H2,1-3H3,(H,17,18). The van der Waals surface area contributed by atoms with Crippen molar-refractivity contribution < 1.29 is 23.0 Å². The molecule has 20 heavy (non-hydrogen) atoms. The summed E-state index contributed by atoms with van der Waals surface area (Å²) in [5.41, 5.74) is 4.70. The number of carbonyl (C=O) groups excluding carboxylic acids is 1. The smallest absolute Gasteiger partial charge is 0.261 e. The molecule has 0 radical (unpaired) electrons. The molecule has 2 atom stereocenters. The molecule has 0 heterocycles. The second-order valence-corrected chi connectivity index (χ2v) is 5.56. The third-order valence-corrected chi connectivity index (χ3v) is 4.01. The predicted molar refractivity (Wildman–Crippen MR) is 70.6 cm³/mol. The van der Waals surface area contributed by atoms with Crippen LogP contribution in [-0.2, 0) is 14.3 Å². The Balaban J connectivity index is 2.36. The Morgan fingerprint density at radius 1 is 1.50 bits per heavy atom. The lowest BCUT2D eigenvalue weighted by molar-refractivity contribution is -0.170. The summed E-state index contributed by atoms with van der Waals surface area (Å²) in [4.78, 5) is 12.1. The van der Waals surface area contributed by atoms with Gasteiger partial charge in [-0.15, -0.1) is 0 Å². The molecular weight excluding hydrogens is 270 g/mol. The van der Waals surface area contributed by atoms with Gasteiger partial charge in [-0.05, 0) is 6.92 Å². The fourth-order valence-electron chi connectivity index (χ4n) is 2.39. The molecule has 0 spiro atoms. The second kappa shape index (κ2) is 6.78. The van der Waals surface area contributed by atoms with E-state index >= 15 is 0 Å². The molecule has 1 fully saturated rings. The summed E-state index contributed by atoms with van der Waals surface area (Å²) in [5, 5.41) is 2.63. The fourth-order valence-corrected chi connectivity index (χ4v) is 2.39. The topological polar surface area (TPSA) is 73.6 Å². The van der Waals surface area contributed by atoms with Crippen molar-refractivity contribution in [3.63, 3.8) is 0 Å². The summed E-state index contributed by atoms with van der Waals surface area (Å²) < 4.78 is 33.9. The summed E-state index contributed by atoms with van der Waals surface area (Å²) in [5.74, 6) is -0.292. The number of hydrogen-bond donors (Lipinski definition) is 2. The van der Waals surface area contributed by atoms with E-state index in [1.165, 1.54) is 0 Å². The maximum Gasteiger partial charge on any atom is 0.261 e. The van der Waals surface area contributed by atoms with Crippen LogP contribution in [0.1, 0.15) is 27.2 Å². The Labute approximate surface area is 118 Å². The lowest BCUT2D eigenvalue weighted by atomic mass is 9.54. The molecule has 5 nitrogen and oxygen atoms in total. The van der Waals surface area contributed by atoms with Gasteiger partial charge in [0.2, 0.25) is 5.91 Å². The molecule has 1 aliphatic rings. The molecule has 2 unspecified atom stereocenters. The van der Waals surface area contributed by atoms with Gasteiger partial charge in [0.15, 0.2) is 0 Å². The van der Waals surface area contributed by atoms with Gasteiger partial charge in [0.1, 0.15) is 12.1 Å². The minimum Gasteiger partial charge on any atom is -0.378 e. The average Bonchev–Trinajstić information content (AvgIpc) is 2.37. The molecule has 1 rings (SSSR count). The first kappa shape index (κ1) is 17.3. The molecule has 1 aliphatic carbocycles. The quantitative estimate of drug-likeness (QED) is 0.653. The summed E-state index contributed by atoms with van der Waals surface area (Å²) >= 11 is 0. The molecule has 0 bridgehead atoms. The van der Waals surface area contributed by atoms with Gasteiger partial charge in [0.25, 0.3) is 6.43 Å². The first-order chi connectivity index (χ1) is 9.25. The van der Waals surface area contributed by atoms with Gasteiger partial charge in [-0.3, -0.25) is 4.79 Å². The van der Waals surface area contributed by atoms with E-state index in [0.29, 0.717) is 13.0 Å². The largest absolute Gasteiger partial charge is 0.378 e. The van der Waals surface area contributed by atoms with Crippen LogP contribution in [0.4, 0.5) is 8.78 Å². The second-order valence-electron chi connectivity index (χ2n) is 5.56. The lowest BCUT2D eigenvalue weighted by Crippen LogP contribution is -2.75. The Bertz CT molecular complexity index is 340. The molecule has 7 heteroatoms. The highest BCUT2D eigenvalue weighted by molar-refractivity contribution is 5.88. The minimum absolute atomic E-state index is 0.0431. The predicted octanol–water partition coefficient (Wildman–Crippen LogP) is 0.917. The summed E-state index contributed by atoms with van der Waals surface area (Å²) in [7, 11) is 0. The van der Waals surface area contributed by atoms with Crippen molar-refractivity contribution in [2.45, 2.75) is 45.3 Å². The average molecular weight is 294 g/mol. The van der Waals surface area contributed by atoms with Crippen molar-refractivity contribution in [3.8, 4) is 0 Å². The van der Waals surface area contributed by atoms with E-state index in [2.05, 4.69) is 5.32 Å². The zero-order valence-electron chi connectivity index (χ0n) is 12.2. The normalized spacial score (nSPS) is 28.2. The van der Waals surface area contributed by atoms with Crippen molar-refractivity contribution in [3.05, 3.63) is 0 Å². The van der Waals surface area contributed by atoms with Crippen LogP contribution in [0, 0.1) is 5.41 Å². The van der Waals surface area contributed by atoms with E-state index < -0.39 is 24.0 Å². The number of alkyl halides is 2. The van der Waals surface area contributed by atoms with E-state index in [9.17, 15) is 13.6 Å². The van der Waals surface area contributed by atoms with Crippen LogP contribution >= 0.6 is 0 Å². The van der Waals surface area contributed by atoms with Crippen molar-refractivity contribution in [1.29, 1.82) is 0 Å². The van der Waals surface area contributed by atoms with E-state index in [1.54, 1.807) is 0 Å². The van der Waals surface area contributed by atoms with Gasteiger partial charge in [-0.25, -0.2) is 8.78 Å². The summed E-state index contributed by atoms with van der Waals surface area (Å²) in [6, 6.07) is 0. The highest BCUT2D eigenvalue weighted by atomic mass is 19.3. The van der Waals surface area contributed by atoms with Crippen molar-refractivity contribution in [2.75, 3.05) is 26.4 Å². The maximum atomic E-state index is 12.1. The number of amides is 1. The van der Waals surface area contributed by atoms with Crippen LogP contribution in [0.2, 0.25) is 0 Å². The van der Waals surface area contributed by atoms with E-state index in [4.69, 9.17) is 15.2 Å². The summed E-state index contributed by atoms with van der Waals surface area (Å²) in [6.07, 6.45) is -2.08. The fraction of sp³-hybridized carbons (Fsp3) is 0.923. The Hall–Kier alpha value is -0.790. The van der Waals surface area contributed by atoms with E-state index in [0.717, 1.165) is 0 Å². The molecule has 1 saturated carbocycles. The number of carbonyl (C=O) groups is 1. The van der Waals surface area contributed by atoms with Crippen LogP contribution in [0.3, 0.4) is 0 Å². The third kappa shape index (κ3) is 3.45. The molecule has 0 aromatic rings. The third-order valence-electron chi connectivity index (χ3n) is 4.01. The summed E-state index contributed by atoms with van der Waals surface area (Å²) in [6.45, 7) is 5.84. The molecular formula is C13H24F2N2O3. The Morgan fingerprint density at radius 2 is 2.15 bits per heavy atom. The number of nitrogens with two attached hydrogens (primary N) is 1. The minimum atomic E-state index is -2.50. The maximum absolute atomic E-state index is 12.1. The van der Waals surface area contributed by atoms with Gasteiger partial charge in [0.05, 0.1) is 12.7 Å². The number of ether oxygens (including phenoxy) is 2. The monoisotopic (exact) mass is 294 g/mol. The molecule has 3 N–H and O–H groups in total. The molecule has 0 aliphatic heterocycles. The van der Waals surface area contributed by atoms with Crippen LogP contribution in [-0.4, -0.2) is 50.3 Å².